The fraction of sp³-hybridized carbons (Fsp3) is 0.300. The molecule has 8 nitrogen and oxygen atoms in total. The number of likely N-dealkylation sites (N-methyl/N-ethyl adjacent to an activating group) is 1. The molecule has 31 heavy (non-hydrogen) atoms. The number of benzene rings is 1. The highest BCUT2D eigenvalue weighted by atomic mass is 35.5. The lowest BCUT2D eigenvalue weighted by atomic mass is 10.2. The van der Waals surface area contributed by atoms with Crippen molar-refractivity contribution in [1.29, 1.82) is 0 Å². The first-order valence-electron chi connectivity index (χ1n) is 9.36. The molecule has 0 aliphatic heterocycles. The molecular weight excluding hydrogens is 461 g/mol. The molecule has 0 spiro atoms. The van der Waals surface area contributed by atoms with Crippen molar-refractivity contribution >= 4 is 68.1 Å². The maximum atomic E-state index is 12.4. The van der Waals surface area contributed by atoms with Gasteiger partial charge in [-0.1, -0.05) is 29.3 Å². The van der Waals surface area contributed by atoms with E-state index in [1.165, 1.54) is 11.3 Å². The Labute approximate surface area is 193 Å². The fourth-order valence-corrected chi connectivity index (χ4v) is 4.61. The van der Waals surface area contributed by atoms with E-state index in [9.17, 15) is 9.59 Å². The van der Waals surface area contributed by atoms with Crippen molar-refractivity contribution in [3.05, 3.63) is 44.5 Å². The van der Waals surface area contributed by atoms with Crippen LogP contribution in [0.3, 0.4) is 0 Å². The third-order valence-corrected chi connectivity index (χ3v) is 6.17. The Balaban J connectivity index is 1.73. The number of nitrogens with one attached hydrogen (secondary N) is 1. The van der Waals surface area contributed by atoms with Crippen LogP contribution in [0.1, 0.15) is 28.0 Å². The number of hydrogen-bond acceptors (Lipinski definition) is 8. The molecule has 3 rings (SSSR count). The summed E-state index contributed by atoms with van der Waals surface area (Å²) in [5.74, 6) is 0.0248. The summed E-state index contributed by atoms with van der Waals surface area (Å²) < 4.78 is 5.09. The van der Waals surface area contributed by atoms with E-state index in [2.05, 4.69) is 15.3 Å². The number of nitrogens with two attached hydrogens (primary N) is 1. The zero-order valence-electron chi connectivity index (χ0n) is 17.2. The first kappa shape index (κ1) is 23.2. The van der Waals surface area contributed by atoms with Gasteiger partial charge in [0.25, 0.3) is 0 Å². The van der Waals surface area contributed by atoms with Gasteiger partial charge in [-0.2, -0.15) is 0 Å². The largest absolute Gasteiger partial charge is 0.462 e. The van der Waals surface area contributed by atoms with Gasteiger partial charge in [-0.05, 0) is 38.6 Å². The Bertz CT molecular complexity index is 1130. The van der Waals surface area contributed by atoms with E-state index in [0.717, 1.165) is 0 Å². The summed E-state index contributed by atoms with van der Waals surface area (Å²) in [6.45, 7) is 4.15. The molecule has 1 amide bonds. The molecule has 2 aromatic heterocycles. The van der Waals surface area contributed by atoms with E-state index in [4.69, 9.17) is 33.7 Å². The summed E-state index contributed by atoms with van der Waals surface area (Å²) in [4.78, 5) is 36.2. The predicted octanol–water partition coefficient (Wildman–Crippen LogP) is 4.14. The third kappa shape index (κ3) is 5.24. The van der Waals surface area contributed by atoms with Crippen LogP contribution < -0.4 is 11.1 Å². The average molecular weight is 482 g/mol. The summed E-state index contributed by atoms with van der Waals surface area (Å²) in [5.41, 5.74) is 7.20. The summed E-state index contributed by atoms with van der Waals surface area (Å²) in [6.07, 6.45) is 0. The Kier molecular flexibility index (Phi) is 7.32. The van der Waals surface area contributed by atoms with Crippen LogP contribution in [0.4, 0.5) is 11.5 Å². The second-order valence-electron chi connectivity index (χ2n) is 6.80. The minimum Gasteiger partial charge on any atom is -0.462 e. The number of thiophene rings is 1. The monoisotopic (exact) mass is 481 g/mol. The predicted molar refractivity (Wildman–Crippen MR) is 124 cm³/mol. The molecule has 0 saturated heterocycles. The molecule has 3 N–H and O–H groups in total. The van der Waals surface area contributed by atoms with Gasteiger partial charge in [0, 0.05) is 0 Å². The number of aryl methyl sites for hydroxylation is 1. The summed E-state index contributed by atoms with van der Waals surface area (Å²) in [5, 5.41) is 4.07. The first-order chi connectivity index (χ1) is 14.7. The van der Waals surface area contributed by atoms with Gasteiger partial charge >= 0.3 is 5.97 Å². The van der Waals surface area contributed by atoms with Gasteiger partial charge in [0.1, 0.15) is 21.3 Å². The highest BCUT2D eigenvalue weighted by Crippen LogP contribution is 2.33. The van der Waals surface area contributed by atoms with Crippen molar-refractivity contribution in [2.45, 2.75) is 20.4 Å². The number of carbonyl (C=O) groups is 2. The first-order valence-corrected chi connectivity index (χ1v) is 10.9. The van der Waals surface area contributed by atoms with E-state index < -0.39 is 5.97 Å². The number of para-hydroxylation sites is 1. The normalized spacial score (nSPS) is 11.2. The molecule has 0 unspecified atom stereocenters. The second kappa shape index (κ2) is 9.78. The summed E-state index contributed by atoms with van der Waals surface area (Å²) in [7, 11) is 1.75. The lowest BCUT2D eigenvalue weighted by Crippen LogP contribution is -2.30. The number of rotatable bonds is 7. The summed E-state index contributed by atoms with van der Waals surface area (Å²) in [6, 6.07) is 4.99. The molecule has 1 aromatic carbocycles. The van der Waals surface area contributed by atoms with Gasteiger partial charge in [0.2, 0.25) is 5.91 Å². The zero-order chi connectivity index (χ0) is 22.7. The van der Waals surface area contributed by atoms with E-state index >= 15 is 0 Å². The quantitative estimate of drug-likeness (QED) is 0.487. The van der Waals surface area contributed by atoms with Crippen LogP contribution in [0.25, 0.3) is 10.2 Å². The SMILES string of the molecule is CCOC(=O)c1sc2nc(CN(C)CC(=O)Nc3c(Cl)cccc3Cl)nc(N)c2c1C. The van der Waals surface area contributed by atoms with Crippen LogP contribution in [0.2, 0.25) is 10.0 Å². The van der Waals surface area contributed by atoms with Gasteiger partial charge in [0.15, 0.2) is 0 Å². The van der Waals surface area contributed by atoms with Crippen LogP contribution in [0, 0.1) is 6.92 Å². The number of anilines is 2. The Morgan fingerprint density at radius 3 is 2.58 bits per heavy atom. The number of esters is 1. The standard InChI is InChI=1S/C20H21Cl2N5O3S/c1-4-30-20(29)17-10(2)15-18(23)24-13(25-19(15)31-17)8-27(3)9-14(28)26-16-11(21)6-5-7-12(16)22/h5-7H,4,8-9H2,1-3H3,(H,26,28)(H2,23,24,25). The van der Waals surface area contributed by atoms with Crippen LogP contribution in [-0.4, -0.2) is 46.9 Å². The molecule has 164 valence electrons. The van der Waals surface area contributed by atoms with Gasteiger partial charge in [0.05, 0.1) is 40.8 Å². The molecule has 11 heteroatoms. The number of carbonyl (C=O) groups excluding carboxylic acids is 2. The Morgan fingerprint density at radius 1 is 1.26 bits per heavy atom. The number of aromatic nitrogens is 2. The molecule has 0 aliphatic carbocycles. The van der Waals surface area contributed by atoms with Crippen molar-refractivity contribution in [2.24, 2.45) is 0 Å². The molecule has 0 bridgehead atoms. The van der Waals surface area contributed by atoms with Crippen molar-refractivity contribution in [3.8, 4) is 0 Å². The topological polar surface area (TPSA) is 110 Å². The number of amides is 1. The molecule has 0 aliphatic rings. The van der Waals surface area contributed by atoms with Crippen LogP contribution in [0.15, 0.2) is 18.2 Å². The Hall–Kier alpha value is -2.46. The average Bonchev–Trinajstić information content (AvgIpc) is 3.02. The molecule has 0 saturated carbocycles. The van der Waals surface area contributed by atoms with E-state index in [1.807, 2.05) is 0 Å². The van der Waals surface area contributed by atoms with Gasteiger partial charge in [-0.25, -0.2) is 14.8 Å². The molecular formula is C20H21Cl2N5O3S. The van der Waals surface area contributed by atoms with Crippen molar-refractivity contribution in [1.82, 2.24) is 14.9 Å². The zero-order valence-corrected chi connectivity index (χ0v) is 19.5. The van der Waals surface area contributed by atoms with Crippen molar-refractivity contribution in [2.75, 3.05) is 31.2 Å². The minimum atomic E-state index is -0.407. The second-order valence-corrected chi connectivity index (χ2v) is 8.61. The number of fused-ring (bicyclic) bond motifs is 1. The lowest BCUT2D eigenvalue weighted by Gasteiger charge is -2.16. The molecule has 0 fully saturated rings. The maximum Gasteiger partial charge on any atom is 0.348 e. The number of ether oxygens (including phenoxy) is 1. The van der Waals surface area contributed by atoms with Crippen LogP contribution in [-0.2, 0) is 16.1 Å². The van der Waals surface area contributed by atoms with Gasteiger partial charge in [-0.15, -0.1) is 11.3 Å². The molecule has 3 aromatic rings. The number of hydrogen-bond donors (Lipinski definition) is 2. The fourth-order valence-electron chi connectivity index (χ4n) is 3.02. The lowest BCUT2D eigenvalue weighted by molar-refractivity contribution is -0.117. The smallest absolute Gasteiger partial charge is 0.348 e. The van der Waals surface area contributed by atoms with Gasteiger partial charge < -0.3 is 15.8 Å². The van der Waals surface area contributed by atoms with Crippen LogP contribution in [0.5, 0.6) is 0 Å². The Morgan fingerprint density at radius 2 is 1.94 bits per heavy atom. The highest BCUT2D eigenvalue weighted by Gasteiger charge is 2.21. The maximum absolute atomic E-state index is 12.4. The van der Waals surface area contributed by atoms with Crippen LogP contribution >= 0.6 is 34.5 Å². The third-order valence-electron chi connectivity index (χ3n) is 4.38. The summed E-state index contributed by atoms with van der Waals surface area (Å²) >= 11 is 13.4. The van der Waals surface area contributed by atoms with Gasteiger partial charge in [-0.3, -0.25) is 9.69 Å². The van der Waals surface area contributed by atoms with E-state index in [1.54, 1.807) is 44.0 Å². The molecule has 0 radical (unpaired) electrons. The minimum absolute atomic E-state index is 0.0560. The highest BCUT2D eigenvalue weighted by molar-refractivity contribution is 7.20. The number of halogens is 2. The number of nitrogen functional groups attached to an aromatic ring is 1. The molecule has 2 heterocycles. The molecule has 0 atom stereocenters. The van der Waals surface area contributed by atoms with E-state index in [0.29, 0.717) is 42.2 Å². The van der Waals surface area contributed by atoms with E-state index in [-0.39, 0.29) is 31.4 Å². The van der Waals surface area contributed by atoms with Crippen molar-refractivity contribution in [3.63, 3.8) is 0 Å². The van der Waals surface area contributed by atoms with Crippen molar-refractivity contribution < 1.29 is 14.3 Å². The number of nitrogens with zero attached hydrogens (tertiary/aromatic N) is 3.